The zero-order valence-corrected chi connectivity index (χ0v) is 12.3. The minimum Gasteiger partial charge on any atom is -0.463 e. The Morgan fingerprint density at radius 3 is 2.48 bits per heavy atom. The van der Waals surface area contributed by atoms with Crippen LogP contribution in [0.4, 0.5) is 0 Å². The molecule has 1 aliphatic carbocycles. The predicted molar refractivity (Wildman–Crippen MR) is 75.6 cm³/mol. The summed E-state index contributed by atoms with van der Waals surface area (Å²) >= 11 is 0. The molecular formula is C15H24O6. The lowest BCUT2D eigenvalue weighted by Gasteiger charge is -2.22. The number of aliphatic hydroxyl groups is 1. The number of carbonyl (C=O) groups excluding carboxylic acids is 2. The van der Waals surface area contributed by atoms with Crippen molar-refractivity contribution >= 4 is 11.9 Å². The van der Waals surface area contributed by atoms with Crippen LogP contribution < -0.4 is 0 Å². The Kier molecular flexibility index (Phi) is 8.69. The van der Waals surface area contributed by atoms with Gasteiger partial charge in [0, 0.05) is 5.57 Å². The van der Waals surface area contributed by atoms with Gasteiger partial charge >= 0.3 is 11.9 Å². The van der Waals surface area contributed by atoms with E-state index in [2.05, 4.69) is 6.58 Å². The van der Waals surface area contributed by atoms with Crippen molar-refractivity contribution in [2.45, 2.75) is 44.6 Å². The second-order valence-corrected chi connectivity index (χ2v) is 5.00. The van der Waals surface area contributed by atoms with Crippen molar-refractivity contribution in [3.63, 3.8) is 0 Å². The monoisotopic (exact) mass is 300 g/mol. The van der Waals surface area contributed by atoms with Gasteiger partial charge in [-0.1, -0.05) is 13.0 Å². The van der Waals surface area contributed by atoms with Crippen LogP contribution in [0.3, 0.4) is 0 Å². The number of carbonyl (C=O) groups is 2. The Hall–Kier alpha value is -1.40. The predicted octanol–water partition coefficient (Wildman–Crippen LogP) is 1.36. The summed E-state index contributed by atoms with van der Waals surface area (Å²) in [6.07, 6.45) is 4.86. The highest BCUT2D eigenvalue weighted by molar-refractivity contribution is 5.93. The molecule has 1 fully saturated rings. The molecule has 1 rings (SSSR count). The first kappa shape index (κ1) is 17.7. The molecule has 0 aromatic rings. The molecule has 0 bridgehead atoms. The molecule has 0 atom stereocenters. The SMILES string of the molecule is C=C(CC(=O)OCCOCCO)C(=O)OC1CCCCC1. The first-order chi connectivity index (χ1) is 10.1. The van der Waals surface area contributed by atoms with Crippen LogP contribution >= 0.6 is 0 Å². The lowest BCUT2D eigenvalue weighted by atomic mass is 9.98. The average molecular weight is 300 g/mol. The van der Waals surface area contributed by atoms with Gasteiger partial charge in [0.2, 0.25) is 0 Å². The Bertz CT molecular complexity index is 346. The van der Waals surface area contributed by atoms with E-state index in [1.165, 1.54) is 6.42 Å². The second-order valence-electron chi connectivity index (χ2n) is 5.00. The highest BCUT2D eigenvalue weighted by Gasteiger charge is 2.20. The van der Waals surface area contributed by atoms with Gasteiger partial charge in [0.25, 0.3) is 0 Å². The van der Waals surface area contributed by atoms with Crippen LogP contribution in [0.15, 0.2) is 12.2 Å². The lowest BCUT2D eigenvalue weighted by Crippen LogP contribution is -2.23. The van der Waals surface area contributed by atoms with E-state index in [-0.39, 0.29) is 44.5 Å². The van der Waals surface area contributed by atoms with Crippen LogP contribution in [0.5, 0.6) is 0 Å². The van der Waals surface area contributed by atoms with Crippen LogP contribution in [0.25, 0.3) is 0 Å². The standard InChI is InChI=1S/C15H24O6/c1-12(11-14(17)20-10-9-19-8-7-16)15(18)21-13-5-3-2-4-6-13/h13,16H,1-11H2. The lowest BCUT2D eigenvalue weighted by molar-refractivity contribution is -0.150. The van der Waals surface area contributed by atoms with Crippen molar-refractivity contribution in [3.05, 3.63) is 12.2 Å². The zero-order chi connectivity index (χ0) is 15.5. The van der Waals surface area contributed by atoms with Crippen LogP contribution in [-0.4, -0.2) is 49.6 Å². The minimum atomic E-state index is -0.534. The number of aliphatic hydroxyl groups excluding tert-OH is 1. The number of ether oxygens (including phenoxy) is 3. The largest absolute Gasteiger partial charge is 0.463 e. The summed E-state index contributed by atoms with van der Waals surface area (Å²) in [5.74, 6) is -1.05. The highest BCUT2D eigenvalue weighted by atomic mass is 16.6. The molecule has 1 aliphatic rings. The van der Waals surface area contributed by atoms with Crippen LogP contribution in [0.1, 0.15) is 38.5 Å². The summed E-state index contributed by atoms with van der Waals surface area (Å²) in [5.41, 5.74) is 0.113. The third-order valence-corrected chi connectivity index (χ3v) is 3.20. The topological polar surface area (TPSA) is 82.1 Å². The zero-order valence-electron chi connectivity index (χ0n) is 12.3. The van der Waals surface area contributed by atoms with E-state index in [1.807, 2.05) is 0 Å². The van der Waals surface area contributed by atoms with Gasteiger partial charge in [-0.15, -0.1) is 0 Å². The van der Waals surface area contributed by atoms with Gasteiger partial charge in [-0.3, -0.25) is 4.79 Å². The second kappa shape index (κ2) is 10.3. The van der Waals surface area contributed by atoms with Crippen molar-refractivity contribution in [2.24, 2.45) is 0 Å². The smallest absolute Gasteiger partial charge is 0.334 e. The quantitative estimate of drug-likeness (QED) is 0.393. The van der Waals surface area contributed by atoms with Crippen molar-refractivity contribution in [1.29, 1.82) is 0 Å². The summed E-state index contributed by atoms with van der Waals surface area (Å²) < 4.78 is 15.1. The first-order valence-electron chi connectivity index (χ1n) is 7.36. The van der Waals surface area contributed by atoms with Crippen LogP contribution in [0, 0.1) is 0 Å². The van der Waals surface area contributed by atoms with Crippen molar-refractivity contribution in [1.82, 2.24) is 0 Å². The molecular weight excluding hydrogens is 276 g/mol. The Balaban J connectivity index is 2.15. The van der Waals surface area contributed by atoms with E-state index in [4.69, 9.17) is 19.3 Å². The average Bonchev–Trinajstić information content (AvgIpc) is 2.48. The van der Waals surface area contributed by atoms with Crippen molar-refractivity contribution in [2.75, 3.05) is 26.4 Å². The maximum absolute atomic E-state index is 11.8. The normalized spacial score (nSPS) is 15.5. The summed E-state index contributed by atoms with van der Waals surface area (Å²) in [7, 11) is 0. The Morgan fingerprint density at radius 2 is 1.81 bits per heavy atom. The molecule has 0 radical (unpaired) electrons. The molecule has 1 saturated carbocycles. The maximum atomic E-state index is 11.8. The third-order valence-electron chi connectivity index (χ3n) is 3.20. The Labute approximate surface area is 125 Å². The van der Waals surface area contributed by atoms with Gasteiger partial charge in [-0.05, 0) is 25.7 Å². The van der Waals surface area contributed by atoms with E-state index in [9.17, 15) is 9.59 Å². The summed E-state index contributed by atoms with van der Waals surface area (Å²) in [6.45, 7) is 4.01. The maximum Gasteiger partial charge on any atom is 0.334 e. The molecule has 0 aromatic carbocycles. The van der Waals surface area contributed by atoms with E-state index < -0.39 is 11.9 Å². The molecule has 0 spiro atoms. The molecule has 0 unspecified atom stereocenters. The highest BCUT2D eigenvalue weighted by Crippen LogP contribution is 2.21. The molecule has 0 aliphatic heterocycles. The van der Waals surface area contributed by atoms with E-state index >= 15 is 0 Å². The van der Waals surface area contributed by atoms with Gasteiger partial charge in [0.1, 0.15) is 12.7 Å². The fraction of sp³-hybridized carbons (Fsp3) is 0.733. The van der Waals surface area contributed by atoms with E-state index in [0.717, 1.165) is 25.7 Å². The summed E-state index contributed by atoms with van der Waals surface area (Å²) in [6, 6.07) is 0. The van der Waals surface area contributed by atoms with E-state index in [1.54, 1.807) is 0 Å². The first-order valence-corrected chi connectivity index (χ1v) is 7.36. The molecule has 120 valence electrons. The molecule has 6 nitrogen and oxygen atoms in total. The summed E-state index contributed by atoms with van der Waals surface area (Å²) in [5, 5.41) is 8.49. The van der Waals surface area contributed by atoms with Gasteiger partial charge in [0.15, 0.2) is 0 Å². The molecule has 1 N–H and O–H groups in total. The number of hydrogen-bond donors (Lipinski definition) is 1. The number of rotatable bonds is 9. The Morgan fingerprint density at radius 1 is 1.10 bits per heavy atom. The van der Waals surface area contributed by atoms with Crippen LogP contribution in [0.2, 0.25) is 0 Å². The molecule has 6 heteroatoms. The van der Waals surface area contributed by atoms with Gasteiger partial charge in [-0.25, -0.2) is 4.79 Å². The third kappa shape index (κ3) is 7.82. The molecule has 0 aromatic heterocycles. The molecule has 0 heterocycles. The minimum absolute atomic E-state index is 0.0501. The van der Waals surface area contributed by atoms with Crippen LogP contribution in [-0.2, 0) is 23.8 Å². The molecule has 0 amide bonds. The summed E-state index contributed by atoms with van der Waals surface area (Å²) in [4.78, 5) is 23.3. The van der Waals surface area contributed by atoms with Crippen molar-refractivity contribution < 1.29 is 28.9 Å². The van der Waals surface area contributed by atoms with E-state index in [0.29, 0.717) is 0 Å². The molecule has 0 saturated heterocycles. The van der Waals surface area contributed by atoms with Crippen molar-refractivity contribution in [3.8, 4) is 0 Å². The van der Waals surface area contributed by atoms with Gasteiger partial charge in [-0.2, -0.15) is 0 Å². The number of hydrogen-bond acceptors (Lipinski definition) is 6. The number of esters is 2. The fourth-order valence-electron chi connectivity index (χ4n) is 2.10. The van der Waals surface area contributed by atoms with Gasteiger partial charge < -0.3 is 19.3 Å². The molecule has 21 heavy (non-hydrogen) atoms. The van der Waals surface area contributed by atoms with Gasteiger partial charge in [0.05, 0.1) is 26.2 Å². The fourth-order valence-corrected chi connectivity index (χ4v) is 2.10.